The molecule has 0 saturated heterocycles. The number of ether oxygens (including phenoxy) is 1. The first kappa shape index (κ1) is 16.3. The second-order valence-corrected chi connectivity index (χ2v) is 6.95. The number of rotatable bonds is 5. The monoisotopic (exact) mass is 351 g/mol. The molecule has 2 N–H and O–H groups in total. The van der Waals surface area contributed by atoms with Crippen LogP contribution in [0.5, 0.6) is 0 Å². The molecule has 2 aromatic rings. The molecule has 0 aromatic heterocycles. The Balaban J connectivity index is 2.02. The summed E-state index contributed by atoms with van der Waals surface area (Å²) in [5.74, 6) is 0. The van der Waals surface area contributed by atoms with Gasteiger partial charge in [0, 0.05) is 22.1 Å². The number of aliphatic hydroxyl groups excluding tert-OH is 1. The first-order chi connectivity index (χ1) is 9.87. The third-order valence-electron chi connectivity index (χ3n) is 3.11. The Labute approximate surface area is 134 Å². The Morgan fingerprint density at radius 3 is 2.48 bits per heavy atom. The lowest BCUT2D eigenvalue weighted by molar-refractivity contribution is -0.0449. The van der Waals surface area contributed by atoms with Crippen molar-refractivity contribution in [3.63, 3.8) is 0 Å². The summed E-state index contributed by atoms with van der Waals surface area (Å²) in [6.45, 7) is 6.73. The summed E-state index contributed by atoms with van der Waals surface area (Å²) < 4.78 is 6.66. The summed E-state index contributed by atoms with van der Waals surface area (Å²) in [5, 5.41) is 15.6. The summed E-state index contributed by atoms with van der Waals surface area (Å²) >= 11 is 3.56. The van der Waals surface area contributed by atoms with Gasteiger partial charge in [-0.2, -0.15) is 0 Å². The highest BCUT2D eigenvalue weighted by Crippen LogP contribution is 2.29. The van der Waals surface area contributed by atoms with Crippen molar-refractivity contribution in [2.24, 2.45) is 0 Å². The summed E-state index contributed by atoms with van der Waals surface area (Å²) in [6.07, 6.45) is -0.536. The van der Waals surface area contributed by atoms with E-state index in [9.17, 15) is 5.11 Å². The number of hydrogen-bond acceptors (Lipinski definition) is 3. The lowest BCUT2D eigenvalue weighted by atomic mass is 10.1. The number of fused-ring (bicyclic) bond motifs is 1. The first-order valence-electron chi connectivity index (χ1n) is 7.10. The molecule has 21 heavy (non-hydrogen) atoms. The van der Waals surface area contributed by atoms with Gasteiger partial charge in [0.05, 0.1) is 18.3 Å². The maximum Gasteiger partial charge on any atom is 0.0945 e. The summed E-state index contributed by atoms with van der Waals surface area (Å²) in [4.78, 5) is 0. The Bertz CT molecular complexity index is 607. The first-order valence-corrected chi connectivity index (χ1v) is 7.89. The molecular formula is C17H22BrNO2. The van der Waals surface area contributed by atoms with E-state index in [0.29, 0.717) is 13.2 Å². The van der Waals surface area contributed by atoms with Crippen molar-refractivity contribution in [3.05, 3.63) is 40.9 Å². The van der Waals surface area contributed by atoms with Crippen LogP contribution in [0.4, 0.5) is 5.69 Å². The highest BCUT2D eigenvalue weighted by Gasteiger charge is 2.14. The van der Waals surface area contributed by atoms with E-state index in [4.69, 9.17) is 4.74 Å². The van der Waals surface area contributed by atoms with Gasteiger partial charge in [-0.25, -0.2) is 0 Å². The second-order valence-electron chi connectivity index (χ2n) is 6.10. The molecule has 0 spiro atoms. The van der Waals surface area contributed by atoms with Gasteiger partial charge in [0.25, 0.3) is 0 Å². The van der Waals surface area contributed by atoms with Crippen LogP contribution in [0.3, 0.4) is 0 Å². The third-order valence-corrected chi connectivity index (χ3v) is 3.80. The minimum Gasteiger partial charge on any atom is -0.389 e. The average molecular weight is 352 g/mol. The molecule has 1 atom stereocenters. The zero-order valence-electron chi connectivity index (χ0n) is 12.7. The maximum atomic E-state index is 10.0. The van der Waals surface area contributed by atoms with Gasteiger partial charge in [-0.15, -0.1) is 0 Å². The van der Waals surface area contributed by atoms with E-state index in [1.165, 1.54) is 0 Å². The van der Waals surface area contributed by atoms with Crippen molar-refractivity contribution in [3.8, 4) is 0 Å². The van der Waals surface area contributed by atoms with Gasteiger partial charge >= 0.3 is 0 Å². The molecule has 0 amide bonds. The summed E-state index contributed by atoms with van der Waals surface area (Å²) in [5.41, 5.74) is 0.786. The molecule has 2 rings (SSSR count). The largest absolute Gasteiger partial charge is 0.389 e. The highest BCUT2D eigenvalue weighted by atomic mass is 79.9. The van der Waals surface area contributed by atoms with Crippen LogP contribution in [0.15, 0.2) is 40.9 Å². The van der Waals surface area contributed by atoms with Gasteiger partial charge < -0.3 is 15.2 Å². The number of benzene rings is 2. The highest BCUT2D eigenvalue weighted by molar-refractivity contribution is 9.10. The smallest absolute Gasteiger partial charge is 0.0945 e. The van der Waals surface area contributed by atoms with E-state index >= 15 is 0 Å². The van der Waals surface area contributed by atoms with Gasteiger partial charge in [-0.3, -0.25) is 0 Å². The minimum atomic E-state index is -0.536. The fraction of sp³-hybridized carbons (Fsp3) is 0.412. The van der Waals surface area contributed by atoms with Crippen molar-refractivity contribution in [2.75, 3.05) is 18.5 Å². The molecule has 114 valence electrons. The Kier molecular flexibility index (Phi) is 5.25. The average Bonchev–Trinajstić information content (AvgIpc) is 2.44. The van der Waals surface area contributed by atoms with Crippen LogP contribution in [-0.2, 0) is 4.74 Å². The van der Waals surface area contributed by atoms with Crippen molar-refractivity contribution in [1.29, 1.82) is 0 Å². The van der Waals surface area contributed by atoms with Gasteiger partial charge in [-0.05, 0) is 38.3 Å². The minimum absolute atomic E-state index is 0.231. The molecular weight excluding hydrogens is 330 g/mol. The van der Waals surface area contributed by atoms with E-state index in [1.807, 2.05) is 45.0 Å². The number of hydrogen-bond donors (Lipinski definition) is 2. The topological polar surface area (TPSA) is 41.5 Å². The third kappa shape index (κ3) is 4.70. The van der Waals surface area contributed by atoms with Crippen LogP contribution in [0, 0.1) is 0 Å². The molecule has 0 aliphatic heterocycles. The lowest BCUT2D eigenvalue weighted by Gasteiger charge is -2.22. The molecule has 0 saturated carbocycles. The van der Waals surface area contributed by atoms with E-state index < -0.39 is 6.10 Å². The maximum absolute atomic E-state index is 10.0. The number of anilines is 1. The van der Waals surface area contributed by atoms with E-state index in [1.54, 1.807) is 0 Å². The molecule has 0 aliphatic carbocycles. The molecule has 2 aromatic carbocycles. The quantitative estimate of drug-likeness (QED) is 0.848. The molecule has 3 nitrogen and oxygen atoms in total. The van der Waals surface area contributed by atoms with Gasteiger partial charge in [0.15, 0.2) is 0 Å². The zero-order chi connectivity index (χ0) is 15.5. The van der Waals surface area contributed by atoms with Gasteiger partial charge in [-0.1, -0.05) is 40.2 Å². The lowest BCUT2D eigenvalue weighted by Crippen LogP contribution is -2.30. The van der Waals surface area contributed by atoms with Crippen LogP contribution in [0.25, 0.3) is 10.8 Å². The molecule has 0 heterocycles. The SMILES string of the molecule is CC(C)(C)OCC(O)CNc1ccc(Br)c2ccccc12. The van der Waals surface area contributed by atoms with Crippen molar-refractivity contribution in [1.82, 2.24) is 0 Å². The predicted molar refractivity (Wildman–Crippen MR) is 91.8 cm³/mol. The Hall–Kier alpha value is -1.10. The normalized spacial score (nSPS) is 13.4. The van der Waals surface area contributed by atoms with Crippen LogP contribution in [0.2, 0.25) is 0 Å². The standard InChI is InChI=1S/C17H22BrNO2/c1-17(2,3)21-11-12(20)10-19-16-9-8-15(18)13-6-4-5-7-14(13)16/h4-9,12,19-20H,10-11H2,1-3H3. The molecule has 4 heteroatoms. The molecule has 0 fully saturated rings. The van der Waals surface area contributed by atoms with Crippen LogP contribution >= 0.6 is 15.9 Å². The predicted octanol–water partition coefficient (Wildman–Crippen LogP) is 4.19. The van der Waals surface area contributed by atoms with Gasteiger partial charge in [0.2, 0.25) is 0 Å². The molecule has 0 aliphatic rings. The van der Waals surface area contributed by atoms with E-state index in [2.05, 4.69) is 33.4 Å². The zero-order valence-corrected chi connectivity index (χ0v) is 14.3. The summed E-state index contributed by atoms with van der Waals surface area (Å²) in [6, 6.07) is 12.2. The van der Waals surface area contributed by atoms with Crippen molar-refractivity contribution >= 4 is 32.4 Å². The van der Waals surface area contributed by atoms with Crippen LogP contribution in [0.1, 0.15) is 20.8 Å². The van der Waals surface area contributed by atoms with Crippen LogP contribution < -0.4 is 5.32 Å². The Morgan fingerprint density at radius 2 is 1.81 bits per heavy atom. The fourth-order valence-corrected chi connectivity index (χ4v) is 2.53. The van der Waals surface area contributed by atoms with Gasteiger partial charge in [0.1, 0.15) is 0 Å². The number of aliphatic hydroxyl groups is 1. The van der Waals surface area contributed by atoms with Crippen molar-refractivity contribution in [2.45, 2.75) is 32.5 Å². The fourth-order valence-electron chi connectivity index (χ4n) is 2.05. The molecule has 0 radical (unpaired) electrons. The van der Waals surface area contributed by atoms with E-state index in [-0.39, 0.29) is 5.60 Å². The molecule has 1 unspecified atom stereocenters. The number of nitrogens with one attached hydrogen (secondary N) is 1. The Morgan fingerprint density at radius 1 is 1.14 bits per heavy atom. The van der Waals surface area contributed by atoms with E-state index in [0.717, 1.165) is 20.9 Å². The number of halogens is 1. The summed E-state index contributed by atoms with van der Waals surface area (Å²) in [7, 11) is 0. The second kappa shape index (κ2) is 6.77. The van der Waals surface area contributed by atoms with Crippen molar-refractivity contribution < 1.29 is 9.84 Å². The molecule has 0 bridgehead atoms. The van der Waals surface area contributed by atoms with Crippen LogP contribution in [-0.4, -0.2) is 30.0 Å².